The quantitative estimate of drug-likeness (QED) is 0.688. The van der Waals surface area contributed by atoms with Crippen molar-refractivity contribution < 1.29 is 19.5 Å². The summed E-state index contributed by atoms with van der Waals surface area (Å²) in [6.45, 7) is 9.96. The molecule has 0 aromatic heterocycles. The fourth-order valence-electron chi connectivity index (χ4n) is 1.17. The van der Waals surface area contributed by atoms with E-state index in [9.17, 15) is 14.4 Å². The third-order valence-electron chi connectivity index (χ3n) is 2.93. The molecule has 0 aromatic carbocycles. The average molecular weight is 272 g/mol. The van der Waals surface area contributed by atoms with Gasteiger partial charge in [0.1, 0.15) is 6.04 Å². The lowest BCUT2D eigenvalue weighted by Crippen LogP contribution is -2.51. The lowest BCUT2D eigenvalue weighted by atomic mass is 9.95. The van der Waals surface area contributed by atoms with Gasteiger partial charge in [0.25, 0.3) is 0 Å². The van der Waals surface area contributed by atoms with Crippen molar-refractivity contribution in [3.05, 3.63) is 0 Å². The number of aliphatic carboxylic acids is 1. The van der Waals surface area contributed by atoms with Crippen LogP contribution in [0.5, 0.6) is 0 Å². The fourth-order valence-corrected chi connectivity index (χ4v) is 1.17. The molecule has 6 nitrogen and oxygen atoms in total. The number of carboxylic acid groups (broad SMARTS) is 1. The number of nitrogens with one attached hydrogen (secondary N) is 2. The molecular formula is C13H24N2O4. The van der Waals surface area contributed by atoms with Crippen molar-refractivity contribution in [3.63, 3.8) is 0 Å². The number of amides is 2. The first kappa shape index (κ1) is 17.4. The smallest absolute Gasteiger partial charge is 0.308 e. The summed E-state index contributed by atoms with van der Waals surface area (Å²) in [7, 11) is 0. The highest BCUT2D eigenvalue weighted by Crippen LogP contribution is 2.12. The maximum atomic E-state index is 11.8. The Bertz CT molecular complexity index is 360. The first-order valence-electron chi connectivity index (χ1n) is 6.31. The van der Waals surface area contributed by atoms with E-state index >= 15 is 0 Å². The van der Waals surface area contributed by atoms with Crippen LogP contribution >= 0.6 is 0 Å². The molecule has 6 heteroatoms. The molecule has 110 valence electrons. The zero-order chi connectivity index (χ0) is 15.4. The van der Waals surface area contributed by atoms with Crippen LogP contribution in [0, 0.1) is 11.3 Å². The number of hydrogen-bond acceptors (Lipinski definition) is 3. The molecule has 2 amide bonds. The highest BCUT2D eigenvalue weighted by Gasteiger charge is 2.27. The molecule has 0 saturated carbocycles. The van der Waals surface area contributed by atoms with Gasteiger partial charge >= 0.3 is 5.97 Å². The summed E-state index contributed by atoms with van der Waals surface area (Å²) in [6, 6.07) is -1.20. The summed E-state index contributed by atoms with van der Waals surface area (Å²) in [4.78, 5) is 34.3. The SMILES string of the molecule is CC(NC(=O)C(C)(C)C)C(=O)NC(C)C(C)C(=O)O. The summed E-state index contributed by atoms with van der Waals surface area (Å²) in [5, 5.41) is 14.0. The van der Waals surface area contributed by atoms with E-state index in [0.29, 0.717) is 0 Å². The molecule has 0 saturated heterocycles. The van der Waals surface area contributed by atoms with Crippen LogP contribution in [0.15, 0.2) is 0 Å². The van der Waals surface area contributed by atoms with Gasteiger partial charge in [0, 0.05) is 11.5 Å². The van der Waals surface area contributed by atoms with Crippen LogP contribution in [0.4, 0.5) is 0 Å². The van der Waals surface area contributed by atoms with Crippen molar-refractivity contribution in [2.45, 2.75) is 53.6 Å². The van der Waals surface area contributed by atoms with Crippen LogP contribution in [0.25, 0.3) is 0 Å². The Morgan fingerprint density at radius 1 is 1.00 bits per heavy atom. The lowest BCUT2D eigenvalue weighted by Gasteiger charge is -2.24. The minimum absolute atomic E-state index is 0.228. The van der Waals surface area contributed by atoms with Crippen LogP contribution in [-0.4, -0.2) is 35.0 Å². The summed E-state index contributed by atoms with van der Waals surface area (Å²) >= 11 is 0. The maximum Gasteiger partial charge on any atom is 0.308 e. The summed E-state index contributed by atoms with van der Waals surface area (Å²) in [6.07, 6.45) is 0. The molecule has 0 spiro atoms. The van der Waals surface area contributed by atoms with Gasteiger partial charge in [-0.2, -0.15) is 0 Å². The van der Waals surface area contributed by atoms with Crippen LogP contribution < -0.4 is 10.6 Å². The van der Waals surface area contributed by atoms with Gasteiger partial charge in [0.2, 0.25) is 11.8 Å². The van der Waals surface area contributed by atoms with Gasteiger partial charge in [0.05, 0.1) is 5.92 Å². The van der Waals surface area contributed by atoms with Crippen molar-refractivity contribution in [1.29, 1.82) is 0 Å². The highest BCUT2D eigenvalue weighted by molar-refractivity contribution is 5.89. The Labute approximate surface area is 113 Å². The Hall–Kier alpha value is -1.59. The van der Waals surface area contributed by atoms with Gasteiger partial charge in [-0.1, -0.05) is 20.8 Å². The molecule has 0 aliphatic carbocycles. The first-order valence-corrected chi connectivity index (χ1v) is 6.31. The molecule has 0 aliphatic heterocycles. The van der Waals surface area contributed by atoms with Crippen LogP contribution in [-0.2, 0) is 14.4 Å². The number of carbonyl (C=O) groups is 3. The Balaban J connectivity index is 4.44. The molecule has 3 unspecified atom stereocenters. The third kappa shape index (κ3) is 5.72. The zero-order valence-corrected chi connectivity index (χ0v) is 12.4. The monoisotopic (exact) mass is 272 g/mol. The molecule has 0 fully saturated rings. The molecular weight excluding hydrogens is 248 g/mol. The van der Waals surface area contributed by atoms with Crippen molar-refractivity contribution in [2.75, 3.05) is 0 Å². The van der Waals surface area contributed by atoms with E-state index in [0.717, 1.165) is 0 Å². The minimum atomic E-state index is -0.973. The van der Waals surface area contributed by atoms with Crippen LogP contribution in [0.2, 0.25) is 0 Å². The maximum absolute atomic E-state index is 11.8. The van der Waals surface area contributed by atoms with Crippen molar-refractivity contribution >= 4 is 17.8 Å². The Morgan fingerprint density at radius 3 is 1.84 bits per heavy atom. The second-order valence-electron chi connectivity index (χ2n) is 5.87. The Kier molecular flexibility index (Phi) is 5.99. The largest absolute Gasteiger partial charge is 0.481 e. The highest BCUT2D eigenvalue weighted by atomic mass is 16.4. The van der Waals surface area contributed by atoms with Crippen molar-refractivity contribution in [3.8, 4) is 0 Å². The van der Waals surface area contributed by atoms with E-state index in [-0.39, 0.29) is 5.91 Å². The number of carboxylic acids is 1. The summed E-state index contributed by atoms with van der Waals surface area (Å²) in [5.74, 6) is -2.28. The lowest BCUT2D eigenvalue weighted by molar-refractivity contribution is -0.142. The molecule has 3 N–H and O–H groups in total. The van der Waals surface area contributed by atoms with Gasteiger partial charge < -0.3 is 15.7 Å². The number of rotatable bonds is 5. The normalized spacial score (nSPS) is 16.1. The molecule has 0 aromatic rings. The van der Waals surface area contributed by atoms with Gasteiger partial charge in [-0.25, -0.2) is 0 Å². The average Bonchev–Trinajstić information content (AvgIpc) is 2.25. The van der Waals surface area contributed by atoms with E-state index in [1.807, 2.05) is 0 Å². The van der Waals surface area contributed by atoms with Crippen LogP contribution in [0.1, 0.15) is 41.5 Å². The second kappa shape index (κ2) is 6.54. The molecule has 0 aliphatic rings. The Morgan fingerprint density at radius 2 is 1.47 bits per heavy atom. The molecule has 0 radical (unpaired) electrons. The van der Waals surface area contributed by atoms with Gasteiger partial charge in [-0.05, 0) is 20.8 Å². The van der Waals surface area contributed by atoms with E-state index in [1.54, 1.807) is 34.6 Å². The molecule has 0 bridgehead atoms. The van der Waals surface area contributed by atoms with Gasteiger partial charge in [0.15, 0.2) is 0 Å². The number of hydrogen-bond donors (Lipinski definition) is 3. The predicted octanol–water partition coefficient (Wildman–Crippen LogP) is 0.763. The van der Waals surface area contributed by atoms with Gasteiger partial charge in [-0.15, -0.1) is 0 Å². The standard InChI is InChI=1S/C13H24N2O4/c1-7(11(17)18)8(2)14-10(16)9(3)15-12(19)13(4,5)6/h7-9H,1-6H3,(H,14,16)(H,15,19)(H,17,18). The minimum Gasteiger partial charge on any atom is -0.481 e. The van der Waals surface area contributed by atoms with Crippen LogP contribution in [0.3, 0.4) is 0 Å². The molecule has 0 heterocycles. The number of carbonyl (C=O) groups excluding carboxylic acids is 2. The second-order valence-corrected chi connectivity index (χ2v) is 5.87. The molecule has 0 rings (SSSR count). The fraction of sp³-hybridized carbons (Fsp3) is 0.769. The predicted molar refractivity (Wildman–Crippen MR) is 71.5 cm³/mol. The third-order valence-corrected chi connectivity index (χ3v) is 2.93. The van der Waals surface area contributed by atoms with Crippen molar-refractivity contribution in [2.24, 2.45) is 11.3 Å². The van der Waals surface area contributed by atoms with Gasteiger partial charge in [-0.3, -0.25) is 14.4 Å². The van der Waals surface area contributed by atoms with E-state index in [1.165, 1.54) is 6.92 Å². The van der Waals surface area contributed by atoms with Crippen molar-refractivity contribution in [1.82, 2.24) is 10.6 Å². The molecule has 19 heavy (non-hydrogen) atoms. The topological polar surface area (TPSA) is 95.5 Å². The summed E-state index contributed by atoms with van der Waals surface area (Å²) < 4.78 is 0. The zero-order valence-electron chi connectivity index (χ0n) is 12.4. The van der Waals surface area contributed by atoms with E-state index in [4.69, 9.17) is 5.11 Å². The van der Waals surface area contributed by atoms with E-state index < -0.39 is 35.3 Å². The van der Waals surface area contributed by atoms with E-state index in [2.05, 4.69) is 10.6 Å². The molecule has 3 atom stereocenters. The first-order chi connectivity index (χ1) is 8.46. The summed E-state index contributed by atoms with van der Waals surface area (Å²) in [5.41, 5.74) is -0.575.